The van der Waals surface area contributed by atoms with Gasteiger partial charge >= 0.3 is 5.97 Å². The van der Waals surface area contributed by atoms with Crippen LogP contribution in [-0.2, 0) is 4.79 Å². The predicted octanol–water partition coefficient (Wildman–Crippen LogP) is -0.564. The van der Waals surface area contributed by atoms with Crippen molar-refractivity contribution in [2.45, 2.75) is 12.5 Å². The molecule has 98 valence electrons. The van der Waals surface area contributed by atoms with Crippen LogP contribution in [0.15, 0.2) is 6.33 Å². The number of hydrogen-bond donors (Lipinski definition) is 3. The lowest BCUT2D eigenvalue weighted by Gasteiger charge is -2.35. The molecule has 0 amide bonds. The largest absolute Gasteiger partial charge is 0.481 e. The zero-order valence-electron chi connectivity index (χ0n) is 9.58. The van der Waals surface area contributed by atoms with Gasteiger partial charge in [0.05, 0.1) is 5.92 Å². The highest BCUT2D eigenvalue weighted by Gasteiger charge is 2.33. The van der Waals surface area contributed by atoms with E-state index in [1.54, 1.807) is 4.90 Å². The molecular weight excluding hydrogens is 241 g/mol. The van der Waals surface area contributed by atoms with Gasteiger partial charge in [-0.1, -0.05) is 0 Å². The molecule has 0 spiro atoms. The average molecular weight is 255 g/mol. The van der Waals surface area contributed by atoms with E-state index in [1.165, 1.54) is 6.33 Å². The van der Waals surface area contributed by atoms with E-state index in [4.69, 9.17) is 16.6 Å². The number of nitrogens with two attached hydrogens (primary N) is 2. The van der Waals surface area contributed by atoms with Crippen molar-refractivity contribution in [1.82, 2.24) is 9.97 Å². The number of aromatic nitrogens is 2. The van der Waals surface area contributed by atoms with Crippen molar-refractivity contribution in [2.24, 2.45) is 11.7 Å². The number of carboxylic acids is 1. The second-order valence-corrected chi connectivity index (χ2v) is 4.24. The Hall–Kier alpha value is -1.96. The Morgan fingerprint density at radius 2 is 2.28 bits per heavy atom. The molecule has 2 rings (SSSR count). The molecule has 7 nitrogen and oxygen atoms in total. The van der Waals surface area contributed by atoms with E-state index in [0.29, 0.717) is 13.0 Å². The quantitative estimate of drug-likeness (QED) is 0.647. The molecule has 0 aromatic carbocycles. The molecule has 8 heteroatoms. The summed E-state index contributed by atoms with van der Waals surface area (Å²) in [6.45, 7) is 0.600. The number of aliphatic carboxylic acids is 1. The van der Waals surface area contributed by atoms with Crippen LogP contribution < -0.4 is 16.4 Å². The normalized spacial score (nSPS) is 24.0. The Labute approximate surface area is 103 Å². The topological polar surface area (TPSA) is 118 Å². The van der Waals surface area contributed by atoms with E-state index in [0.717, 1.165) is 0 Å². The number of carbonyl (C=O) groups is 1. The predicted molar refractivity (Wildman–Crippen MR) is 62.3 cm³/mol. The van der Waals surface area contributed by atoms with Crippen molar-refractivity contribution >= 4 is 17.6 Å². The molecule has 1 aliphatic rings. The smallest absolute Gasteiger partial charge is 0.308 e. The average Bonchev–Trinajstić information content (AvgIpc) is 2.32. The zero-order chi connectivity index (χ0) is 13.3. The maximum absolute atomic E-state index is 13.7. The summed E-state index contributed by atoms with van der Waals surface area (Å²) in [7, 11) is 0. The molecule has 0 radical (unpaired) electrons. The highest BCUT2D eigenvalue weighted by Crippen LogP contribution is 2.24. The van der Waals surface area contributed by atoms with Gasteiger partial charge in [0.2, 0.25) is 5.82 Å². The molecular formula is C10H14FN5O2. The summed E-state index contributed by atoms with van der Waals surface area (Å²) in [4.78, 5) is 19.9. The van der Waals surface area contributed by atoms with Crippen LogP contribution in [0.25, 0.3) is 0 Å². The van der Waals surface area contributed by atoms with Gasteiger partial charge in [-0.15, -0.1) is 0 Å². The third-order valence-corrected chi connectivity index (χ3v) is 3.07. The first-order valence-electron chi connectivity index (χ1n) is 5.50. The van der Waals surface area contributed by atoms with Crippen LogP contribution >= 0.6 is 0 Å². The number of carboxylic acid groups (broad SMARTS) is 1. The zero-order valence-corrected chi connectivity index (χ0v) is 9.58. The Bertz CT molecular complexity index is 470. The van der Waals surface area contributed by atoms with Crippen molar-refractivity contribution in [2.75, 3.05) is 23.7 Å². The fourth-order valence-corrected chi connectivity index (χ4v) is 2.08. The summed E-state index contributed by atoms with van der Waals surface area (Å²) in [5.74, 6) is -2.39. The van der Waals surface area contributed by atoms with Crippen LogP contribution in [0, 0.1) is 11.7 Å². The number of piperidine rings is 1. The highest BCUT2D eigenvalue weighted by atomic mass is 19.1. The third-order valence-electron chi connectivity index (χ3n) is 3.07. The molecule has 1 aliphatic heterocycles. The lowest BCUT2D eigenvalue weighted by atomic mass is 9.92. The van der Waals surface area contributed by atoms with E-state index in [2.05, 4.69) is 9.97 Å². The first kappa shape index (κ1) is 12.5. The lowest BCUT2D eigenvalue weighted by Crippen LogP contribution is -2.51. The van der Waals surface area contributed by atoms with Gasteiger partial charge in [-0.05, 0) is 6.42 Å². The maximum Gasteiger partial charge on any atom is 0.308 e. The Morgan fingerprint density at radius 1 is 1.56 bits per heavy atom. The van der Waals surface area contributed by atoms with Gasteiger partial charge in [0.25, 0.3) is 0 Å². The van der Waals surface area contributed by atoms with Gasteiger partial charge in [0.15, 0.2) is 11.6 Å². The maximum atomic E-state index is 13.7. The molecule has 1 aromatic rings. The van der Waals surface area contributed by atoms with E-state index in [9.17, 15) is 9.18 Å². The standard InChI is InChI=1S/C10H14FN5O2/c11-7-8(13)14-4-15-9(7)16-2-1-5(10(17)18)6(12)3-16/h4-6H,1-3,12H2,(H,17,18)(H2,13,14,15)/t5-,6+/m1/s1. The first-order valence-corrected chi connectivity index (χ1v) is 5.50. The van der Waals surface area contributed by atoms with Crippen LogP contribution in [0.2, 0.25) is 0 Å². The third kappa shape index (κ3) is 2.19. The summed E-state index contributed by atoms with van der Waals surface area (Å²) in [6.07, 6.45) is 1.52. The van der Waals surface area contributed by atoms with Crippen molar-refractivity contribution in [3.05, 3.63) is 12.1 Å². The van der Waals surface area contributed by atoms with Gasteiger partial charge in [0.1, 0.15) is 6.33 Å². The molecule has 0 bridgehead atoms. The lowest BCUT2D eigenvalue weighted by molar-refractivity contribution is -0.142. The van der Waals surface area contributed by atoms with Crippen molar-refractivity contribution in [1.29, 1.82) is 0 Å². The minimum atomic E-state index is -0.926. The molecule has 2 atom stereocenters. The van der Waals surface area contributed by atoms with Gasteiger partial charge in [0, 0.05) is 19.1 Å². The number of anilines is 2. The summed E-state index contributed by atoms with van der Waals surface area (Å²) >= 11 is 0. The Morgan fingerprint density at radius 3 is 2.89 bits per heavy atom. The second kappa shape index (κ2) is 4.73. The number of nitrogens with zero attached hydrogens (tertiary/aromatic N) is 3. The molecule has 2 heterocycles. The van der Waals surface area contributed by atoms with E-state index in [-0.39, 0.29) is 18.2 Å². The van der Waals surface area contributed by atoms with E-state index in [1.807, 2.05) is 0 Å². The van der Waals surface area contributed by atoms with Crippen LogP contribution in [0.3, 0.4) is 0 Å². The van der Waals surface area contributed by atoms with Crippen LogP contribution in [0.5, 0.6) is 0 Å². The number of rotatable bonds is 2. The molecule has 0 aliphatic carbocycles. The van der Waals surface area contributed by atoms with Gasteiger partial charge in [-0.25, -0.2) is 9.97 Å². The van der Waals surface area contributed by atoms with Gasteiger partial charge < -0.3 is 21.5 Å². The number of halogens is 1. The first-order chi connectivity index (χ1) is 8.50. The van der Waals surface area contributed by atoms with Gasteiger partial charge in [-0.3, -0.25) is 4.79 Å². The highest BCUT2D eigenvalue weighted by molar-refractivity contribution is 5.71. The Kier molecular flexibility index (Phi) is 3.28. The van der Waals surface area contributed by atoms with Gasteiger partial charge in [-0.2, -0.15) is 4.39 Å². The molecule has 18 heavy (non-hydrogen) atoms. The minimum Gasteiger partial charge on any atom is -0.481 e. The Balaban J connectivity index is 2.17. The van der Waals surface area contributed by atoms with Crippen molar-refractivity contribution in [3.63, 3.8) is 0 Å². The van der Waals surface area contributed by atoms with Crippen LogP contribution in [0.1, 0.15) is 6.42 Å². The van der Waals surface area contributed by atoms with Crippen LogP contribution in [-0.4, -0.2) is 40.2 Å². The van der Waals surface area contributed by atoms with Crippen LogP contribution in [0.4, 0.5) is 16.0 Å². The molecule has 1 fully saturated rings. The summed E-state index contributed by atoms with van der Waals surface area (Å²) in [5, 5.41) is 8.95. The molecule has 5 N–H and O–H groups in total. The summed E-state index contributed by atoms with van der Waals surface area (Å²) < 4.78 is 13.7. The summed E-state index contributed by atoms with van der Waals surface area (Å²) in [6, 6.07) is -0.563. The second-order valence-electron chi connectivity index (χ2n) is 4.24. The SMILES string of the molecule is Nc1ncnc(N2CC[C@@H](C(=O)O)[C@@H](N)C2)c1F. The van der Waals surface area contributed by atoms with Crippen molar-refractivity contribution < 1.29 is 14.3 Å². The fourth-order valence-electron chi connectivity index (χ4n) is 2.08. The molecule has 0 saturated carbocycles. The molecule has 0 unspecified atom stereocenters. The van der Waals surface area contributed by atoms with E-state index >= 15 is 0 Å². The summed E-state index contributed by atoms with van der Waals surface area (Å²) in [5.41, 5.74) is 11.1. The van der Waals surface area contributed by atoms with E-state index < -0.39 is 23.7 Å². The monoisotopic (exact) mass is 255 g/mol. The number of hydrogen-bond acceptors (Lipinski definition) is 6. The van der Waals surface area contributed by atoms with Crippen molar-refractivity contribution in [3.8, 4) is 0 Å². The molecule has 1 aromatic heterocycles. The fraction of sp³-hybridized carbons (Fsp3) is 0.500. The minimum absolute atomic E-state index is 0.0711. The molecule has 1 saturated heterocycles. The number of nitrogen functional groups attached to an aromatic ring is 1.